The SMILES string of the molecule is CC(O)C(=O)[O-].CC(O)C(=O)[O-].[OH-].[OH-].[Ti+4]. The number of aliphatic carboxylic acids is 2. The van der Waals surface area contributed by atoms with Crippen LogP contribution >= 0.6 is 0 Å². The molecule has 15 heavy (non-hydrogen) atoms. The third-order valence-electron chi connectivity index (χ3n) is 0.682. The van der Waals surface area contributed by atoms with Crippen LogP contribution in [0, 0.1) is 0 Å². The molecule has 0 fully saturated rings. The molecule has 0 saturated carbocycles. The molecule has 0 aromatic carbocycles. The van der Waals surface area contributed by atoms with Crippen LogP contribution < -0.4 is 10.2 Å². The Bertz CT molecular complexity index is 139. The largest absolute Gasteiger partial charge is 4.00 e. The Morgan fingerprint density at radius 1 is 0.933 bits per heavy atom. The molecule has 2 unspecified atom stereocenters. The topological polar surface area (TPSA) is 181 Å². The van der Waals surface area contributed by atoms with Crippen LogP contribution in [0.2, 0.25) is 0 Å². The average molecular weight is 260 g/mol. The number of hydrogen-bond acceptors (Lipinski definition) is 8. The molecule has 0 aliphatic carbocycles. The van der Waals surface area contributed by atoms with E-state index in [9.17, 15) is 19.8 Å². The Kier molecular flexibility index (Phi) is 31.1. The molecule has 88 valence electrons. The Hall–Kier alpha value is -0.506. The van der Waals surface area contributed by atoms with Crippen LogP contribution in [0.3, 0.4) is 0 Å². The van der Waals surface area contributed by atoms with Crippen molar-refractivity contribution in [3.05, 3.63) is 0 Å². The Morgan fingerprint density at radius 2 is 1.00 bits per heavy atom. The van der Waals surface area contributed by atoms with Gasteiger partial charge in [-0.1, -0.05) is 0 Å². The minimum absolute atomic E-state index is 0. The van der Waals surface area contributed by atoms with Crippen molar-refractivity contribution in [2.45, 2.75) is 26.1 Å². The number of carbonyl (C=O) groups is 2. The van der Waals surface area contributed by atoms with Gasteiger partial charge in [0.1, 0.15) is 0 Å². The normalized spacial score (nSPS) is 10.9. The molecule has 0 bridgehead atoms. The van der Waals surface area contributed by atoms with E-state index in [1.165, 1.54) is 0 Å². The van der Waals surface area contributed by atoms with Gasteiger partial charge in [0, 0.05) is 0 Å². The molecule has 9 heteroatoms. The first-order chi connectivity index (χ1) is 5.29. The van der Waals surface area contributed by atoms with Gasteiger partial charge in [-0.05, 0) is 13.8 Å². The third kappa shape index (κ3) is 31.7. The average Bonchev–Trinajstić information content (AvgIpc) is 1.88. The van der Waals surface area contributed by atoms with Crippen LogP contribution in [0.5, 0.6) is 0 Å². The molecule has 4 N–H and O–H groups in total. The van der Waals surface area contributed by atoms with E-state index < -0.39 is 24.1 Å². The monoisotopic (exact) mass is 260 g/mol. The molecule has 0 aliphatic rings. The molecule has 0 amide bonds. The molecular formula is C6H12O8Ti. The van der Waals surface area contributed by atoms with Crippen LogP contribution in [-0.4, -0.2) is 45.3 Å². The number of carboxylic acids is 2. The zero-order valence-electron chi connectivity index (χ0n) is 8.08. The third-order valence-corrected chi connectivity index (χ3v) is 0.682. The van der Waals surface area contributed by atoms with Crippen molar-refractivity contribution < 1.29 is 62.7 Å². The van der Waals surface area contributed by atoms with Crippen LogP contribution in [0.1, 0.15) is 13.8 Å². The van der Waals surface area contributed by atoms with Crippen molar-refractivity contribution in [2.24, 2.45) is 0 Å². The molecule has 8 nitrogen and oxygen atoms in total. The zero-order chi connectivity index (χ0) is 10.3. The van der Waals surface area contributed by atoms with E-state index >= 15 is 0 Å². The first kappa shape index (κ1) is 29.3. The van der Waals surface area contributed by atoms with Gasteiger partial charge in [0.25, 0.3) is 0 Å². The molecule has 0 heterocycles. The molecule has 0 radical (unpaired) electrons. The van der Waals surface area contributed by atoms with Crippen molar-refractivity contribution in [1.82, 2.24) is 0 Å². The maximum atomic E-state index is 9.34. The molecule has 0 aromatic rings. The van der Waals surface area contributed by atoms with Gasteiger partial charge in [0.15, 0.2) is 0 Å². The van der Waals surface area contributed by atoms with Gasteiger partial charge in [-0.2, -0.15) is 0 Å². The van der Waals surface area contributed by atoms with Crippen molar-refractivity contribution >= 4 is 11.9 Å². The number of aliphatic hydroxyl groups excluding tert-OH is 2. The number of hydrogen-bond donors (Lipinski definition) is 2. The van der Waals surface area contributed by atoms with E-state index in [0.717, 1.165) is 13.8 Å². The predicted octanol–water partition coefficient (Wildman–Crippen LogP) is -4.12. The van der Waals surface area contributed by atoms with E-state index in [1.54, 1.807) is 0 Å². The van der Waals surface area contributed by atoms with Gasteiger partial charge in [-0.3, -0.25) is 0 Å². The molecule has 2 atom stereocenters. The van der Waals surface area contributed by atoms with Crippen LogP contribution in [0.25, 0.3) is 0 Å². The minimum atomic E-state index is -1.44. The van der Waals surface area contributed by atoms with Crippen molar-refractivity contribution in [3.63, 3.8) is 0 Å². The van der Waals surface area contributed by atoms with E-state index in [-0.39, 0.29) is 32.7 Å². The zero-order valence-corrected chi connectivity index (χ0v) is 9.64. The number of aliphatic hydroxyl groups is 2. The summed E-state index contributed by atoms with van der Waals surface area (Å²) in [7, 11) is 0. The molecule has 0 rings (SSSR count). The van der Waals surface area contributed by atoms with E-state index in [2.05, 4.69) is 0 Å². The number of carbonyl (C=O) groups excluding carboxylic acids is 2. The summed E-state index contributed by atoms with van der Waals surface area (Å²) in [5.74, 6) is -2.87. The fourth-order valence-corrected chi connectivity index (χ4v) is 0. The summed E-state index contributed by atoms with van der Waals surface area (Å²) >= 11 is 0. The molecule has 0 saturated heterocycles. The van der Waals surface area contributed by atoms with E-state index in [4.69, 9.17) is 10.2 Å². The number of rotatable bonds is 2. The van der Waals surface area contributed by atoms with Gasteiger partial charge in [0.05, 0.1) is 24.1 Å². The Labute approximate surface area is 101 Å². The maximum Gasteiger partial charge on any atom is 4.00 e. The van der Waals surface area contributed by atoms with E-state index in [0.29, 0.717) is 0 Å². The molecule has 0 aliphatic heterocycles. The standard InChI is InChI=1S/2C3H6O3.2H2O.Ti/c2*1-2(4)3(5)6;;;/h2*2,4H,1H3,(H,5,6);2*1H2;/q;;;;+4/p-4. The van der Waals surface area contributed by atoms with Crippen LogP contribution in [0.4, 0.5) is 0 Å². The van der Waals surface area contributed by atoms with Gasteiger partial charge < -0.3 is 41.0 Å². The fraction of sp³-hybridized carbons (Fsp3) is 0.667. The van der Waals surface area contributed by atoms with Crippen molar-refractivity contribution in [1.29, 1.82) is 0 Å². The second-order valence-corrected chi connectivity index (χ2v) is 1.99. The van der Waals surface area contributed by atoms with Crippen LogP contribution in [-0.2, 0) is 31.3 Å². The van der Waals surface area contributed by atoms with Crippen molar-refractivity contribution in [3.8, 4) is 0 Å². The van der Waals surface area contributed by atoms with Gasteiger partial charge in [-0.25, -0.2) is 0 Å². The summed E-state index contributed by atoms with van der Waals surface area (Å²) in [6, 6.07) is 0. The summed E-state index contributed by atoms with van der Waals surface area (Å²) in [6.45, 7) is 2.27. The molecule has 0 aromatic heterocycles. The Balaban J connectivity index is -0.0000000370. The Morgan fingerprint density at radius 3 is 1.00 bits per heavy atom. The minimum Gasteiger partial charge on any atom is -0.870 e. The predicted molar refractivity (Wildman–Crippen MR) is 37.2 cm³/mol. The summed E-state index contributed by atoms with van der Waals surface area (Å²) in [4.78, 5) is 18.7. The second-order valence-electron chi connectivity index (χ2n) is 1.99. The first-order valence-electron chi connectivity index (χ1n) is 3.06. The van der Waals surface area contributed by atoms with Crippen molar-refractivity contribution in [2.75, 3.05) is 0 Å². The van der Waals surface area contributed by atoms with Gasteiger partial charge in [0.2, 0.25) is 0 Å². The smallest absolute Gasteiger partial charge is 0.870 e. The van der Waals surface area contributed by atoms with Gasteiger partial charge >= 0.3 is 21.7 Å². The summed E-state index contributed by atoms with van der Waals surface area (Å²) in [5, 5.41) is 34.6. The number of carboxylic acid groups (broad SMARTS) is 2. The quantitative estimate of drug-likeness (QED) is 0.469. The molecular weight excluding hydrogens is 248 g/mol. The fourth-order valence-electron chi connectivity index (χ4n) is 0. The maximum absolute atomic E-state index is 9.34. The summed E-state index contributed by atoms with van der Waals surface area (Å²) in [6.07, 6.45) is -2.69. The van der Waals surface area contributed by atoms with Gasteiger partial charge in [-0.15, -0.1) is 0 Å². The van der Waals surface area contributed by atoms with Crippen LogP contribution in [0.15, 0.2) is 0 Å². The summed E-state index contributed by atoms with van der Waals surface area (Å²) < 4.78 is 0. The van der Waals surface area contributed by atoms with E-state index in [1.807, 2.05) is 0 Å². The summed E-state index contributed by atoms with van der Waals surface area (Å²) in [5.41, 5.74) is 0. The first-order valence-corrected chi connectivity index (χ1v) is 3.06. The molecule has 0 spiro atoms. The second kappa shape index (κ2) is 15.9.